The van der Waals surface area contributed by atoms with Gasteiger partial charge in [0.25, 0.3) is 0 Å². The monoisotopic (exact) mass is 368 g/mol. The first-order valence-electron chi connectivity index (χ1n) is 8.70. The van der Waals surface area contributed by atoms with Gasteiger partial charge in [-0.05, 0) is 24.0 Å². The van der Waals surface area contributed by atoms with E-state index in [0.29, 0.717) is 12.0 Å². The average molecular weight is 368 g/mol. The van der Waals surface area contributed by atoms with E-state index in [4.69, 9.17) is 0 Å². The normalized spacial score (nSPS) is 11.5. The topological polar surface area (TPSA) is 83.6 Å². The fourth-order valence-electron chi connectivity index (χ4n) is 2.40. The third kappa shape index (κ3) is 7.36. The van der Waals surface area contributed by atoms with Crippen molar-refractivity contribution in [2.24, 2.45) is 0 Å². The van der Waals surface area contributed by atoms with Crippen LogP contribution in [-0.4, -0.2) is 37.6 Å². The molecule has 6 nitrogen and oxygen atoms in total. The maximum atomic E-state index is 12.6. The van der Waals surface area contributed by atoms with Gasteiger partial charge in [-0.25, -0.2) is 8.42 Å². The lowest BCUT2D eigenvalue weighted by Crippen LogP contribution is -2.42. The molecule has 0 saturated heterocycles. The van der Waals surface area contributed by atoms with Crippen LogP contribution in [0.3, 0.4) is 0 Å². The lowest BCUT2D eigenvalue weighted by atomic mass is 10.1. The number of hydrogen-bond acceptors (Lipinski definition) is 4. The maximum Gasteiger partial charge on any atom is 0.241 e. The number of amides is 2. The standard InChI is InChI=1S/C18H28N2O4S/c1-4-7-11-17(21)19-18(22)13-20(6-3)25(23,24)14-16-10-8-9-15(5-2)12-16/h8-10,12H,4-7,11,13-14H2,1-3H3,(H,19,21,22). The Labute approximate surface area is 150 Å². The highest BCUT2D eigenvalue weighted by molar-refractivity contribution is 7.88. The minimum atomic E-state index is -3.64. The molecular weight excluding hydrogens is 340 g/mol. The molecule has 0 spiro atoms. The quantitative estimate of drug-likeness (QED) is 0.686. The van der Waals surface area contributed by atoms with Crippen molar-refractivity contribution in [1.82, 2.24) is 9.62 Å². The summed E-state index contributed by atoms with van der Waals surface area (Å²) in [6.45, 7) is 5.46. The number of rotatable bonds is 10. The number of carbonyl (C=O) groups is 2. The Morgan fingerprint density at radius 2 is 1.76 bits per heavy atom. The van der Waals surface area contributed by atoms with Crippen LogP contribution in [0.15, 0.2) is 24.3 Å². The van der Waals surface area contributed by atoms with Crippen molar-refractivity contribution in [3.8, 4) is 0 Å². The van der Waals surface area contributed by atoms with Crippen molar-refractivity contribution in [3.05, 3.63) is 35.4 Å². The predicted molar refractivity (Wildman–Crippen MR) is 98.4 cm³/mol. The summed E-state index contributed by atoms with van der Waals surface area (Å²) in [5, 5.41) is 2.25. The Hall–Kier alpha value is -1.73. The van der Waals surface area contributed by atoms with Crippen LogP contribution in [0, 0.1) is 0 Å². The van der Waals surface area contributed by atoms with Crippen LogP contribution < -0.4 is 5.32 Å². The summed E-state index contributed by atoms with van der Waals surface area (Å²) in [5.74, 6) is -1.11. The molecule has 0 radical (unpaired) electrons. The number of imide groups is 1. The molecule has 2 amide bonds. The molecule has 1 N–H and O–H groups in total. The average Bonchev–Trinajstić information content (AvgIpc) is 2.57. The molecule has 0 aliphatic carbocycles. The second kappa shape index (κ2) is 10.3. The van der Waals surface area contributed by atoms with E-state index < -0.39 is 15.9 Å². The number of likely N-dealkylation sites (N-methyl/N-ethyl adjacent to an activating group) is 1. The van der Waals surface area contributed by atoms with Gasteiger partial charge in [0.15, 0.2) is 0 Å². The van der Waals surface area contributed by atoms with Crippen LogP contribution in [0.5, 0.6) is 0 Å². The number of benzene rings is 1. The van der Waals surface area contributed by atoms with Gasteiger partial charge < -0.3 is 0 Å². The summed E-state index contributed by atoms with van der Waals surface area (Å²) < 4.78 is 26.3. The van der Waals surface area contributed by atoms with E-state index in [1.54, 1.807) is 13.0 Å². The minimum absolute atomic E-state index is 0.161. The second-order valence-corrected chi connectivity index (χ2v) is 7.90. The van der Waals surface area contributed by atoms with E-state index >= 15 is 0 Å². The SMILES string of the molecule is CCCCC(=O)NC(=O)CN(CC)S(=O)(=O)Cc1cccc(CC)c1. The highest BCUT2D eigenvalue weighted by Crippen LogP contribution is 2.13. The van der Waals surface area contributed by atoms with E-state index in [0.717, 1.165) is 22.7 Å². The van der Waals surface area contributed by atoms with Crippen LogP contribution in [0.2, 0.25) is 0 Å². The zero-order valence-corrected chi connectivity index (χ0v) is 16.1. The summed E-state index contributed by atoms with van der Waals surface area (Å²) in [6, 6.07) is 7.40. The molecule has 1 rings (SSSR count). The fourth-order valence-corrected chi connectivity index (χ4v) is 3.89. The van der Waals surface area contributed by atoms with E-state index in [1.165, 1.54) is 0 Å². The summed E-state index contributed by atoms with van der Waals surface area (Å²) in [6.07, 6.45) is 2.65. The summed E-state index contributed by atoms with van der Waals surface area (Å²) in [5.41, 5.74) is 1.76. The van der Waals surface area contributed by atoms with Gasteiger partial charge in [0, 0.05) is 13.0 Å². The van der Waals surface area contributed by atoms with Crippen molar-refractivity contribution >= 4 is 21.8 Å². The van der Waals surface area contributed by atoms with Gasteiger partial charge in [-0.3, -0.25) is 14.9 Å². The molecule has 1 aromatic rings. The lowest BCUT2D eigenvalue weighted by molar-refractivity contribution is -0.130. The van der Waals surface area contributed by atoms with Crippen LogP contribution in [0.25, 0.3) is 0 Å². The molecular formula is C18H28N2O4S. The van der Waals surface area contributed by atoms with Gasteiger partial charge in [-0.15, -0.1) is 0 Å². The molecule has 0 fully saturated rings. The number of sulfonamides is 1. The molecule has 0 unspecified atom stereocenters. The Morgan fingerprint density at radius 3 is 2.36 bits per heavy atom. The first-order chi connectivity index (χ1) is 11.8. The predicted octanol–water partition coefficient (Wildman–Crippen LogP) is 2.23. The molecule has 0 aromatic heterocycles. The first kappa shape index (κ1) is 21.3. The number of nitrogens with one attached hydrogen (secondary N) is 1. The lowest BCUT2D eigenvalue weighted by Gasteiger charge is -2.20. The van der Waals surface area contributed by atoms with Crippen LogP contribution in [0.4, 0.5) is 0 Å². The largest absolute Gasteiger partial charge is 0.295 e. The van der Waals surface area contributed by atoms with Gasteiger partial charge >= 0.3 is 0 Å². The molecule has 0 aliphatic rings. The van der Waals surface area contributed by atoms with E-state index in [9.17, 15) is 18.0 Å². The Balaban J connectivity index is 2.72. The molecule has 25 heavy (non-hydrogen) atoms. The molecule has 140 valence electrons. The van der Waals surface area contributed by atoms with Crippen molar-refractivity contribution in [3.63, 3.8) is 0 Å². The number of carbonyl (C=O) groups excluding carboxylic acids is 2. The van der Waals surface area contributed by atoms with E-state index in [-0.39, 0.29) is 31.2 Å². The van der Waals surface area contributed by atoms with E-state index in [2.05, 4.69) is 5.32 Å². The number of hydrogen-bond donors (Lipinski definition) is 1. The van der Waals surface area contributed by atoms with Crippen molar-refractivity contribution in [2.45, 2.75) is 52.2 Å². The fraction of sp³-hybridized carbons (Fsp3) is 0.556. The third-order valence-corrected chi connectivity index (χ3v) is 5.72. The molecule has 0 heterocycles. The van der Waals surface area contributed by atoms with Crippen molar-refractivity contribution in [1.29, 1.82) is 0 Å². The Bertz CT molecular complexity index is 686. The Kier molecular flexibility index (Phi) is 8.78. The molecule has 0 aliphatic heterocycles. The molecule has 7 heteroatoms. The van der Waals surface area contributed by atoms with Crippen LogP contribution in [-0.2, 0) is 31.8 Å². The molecule has 1 aromatic carbocycles. The minimum Gasteiger partial charge on any atom is -0.295 e. The molecule has 0 bridgehead atoms. The molecule has 0 atom stereocenters. The van der Waals surface area contributed by atoms with Gasteiger partial charge in [0.2, 0.25) is 21.8 Å². The van der Waals surface area contributed by atoms with Gasteiger partial charge in [0.1, 0.15) is 0 Å². The van der Waals surface area contributed by atoms with Crippen LogP contribution >= 0.6 is 0 Å². The highest BCUT2D eigenvalue weighted by Gasteiger charge is 2.24. The first-order valence-corrected chi connectivity index (χ1v) is 10.3. The van der Waals surface area contributed by atoms with Gasteiger partial charge in [0.05, 0.1) is 12.3 Å². The second-order valence-electron chi connectivity index (χ2n) is 5.93. The number of aryl methyl sites for hydroxylation is 1. The summed E-state index contributed by atoms with van der Waals surface area (Å²) in [7, 11) is -3.64. The highest BCUT2D eigenvalue weighted by atomic mass is 32.2. The third-order valence-electron chi connectivity index (χ3n) is 3.85. The summed E-state index contributed by atoms with van der Waals surface area (Å²) >= 11 is 0. The number of nitrogens with zero attached hydrogens (tertiary/aromatic N) is 1. The maximum absolute atomic E-state index is 12.6. The number of unbranched alkanes of at least 4 members (excludes halogenated alkanes) is 1. The van der Waals surface area contributed by atoms with Crippen molar-refractivity contribution in [2.75, 3.05) is 13.1 Å². The van der Waals surface area contributed by atoms with Crippen LogP contribution in [0.1, 0.15) is 51.2 Å². The smallest absolute Gasteiger partial charge is 0.241 e. The molecule has 0 saturated carbocycles. The van der Waals surface area contributed by atoms with Gasteiger partial charge in [-0.2, -0.15) is 4.31 Å². The van der Waals surface area contributed by atoms with E-state index in [1.807, 2.05) is 32.0 Å². The zero-order valence-electron chi connectivity index (χ0n) is 15.2. The Morgan fingerprint density at radius 1 is 1.08 bits per heavy atom. The van der Waals surface area contributed by atoms with Gasteiger partial charge in [-0.1, -0.05) is 51.5 Å². The zero-order chi connectivity index (χ0) is 18.9. The summed E-state index contributed by atoms with van der Waals surface area (Å²) in [4.78, 5) is 23.5. The van der Waals surface area contributed by atoms with Crippen molar-refractivity contribution < 1.29 is 18.0 Å².